The highest BCUT2D eigenvalue weighted by Crippen LogP contribution is 2.41. The molecule has 6 nitrogen and oxygen atoms in total. The molecule has 4 rings (SSSR count). The lowest BCUT2D eigenvalue weighted by Crippen LogP contribution is -2.31. The van der Waals surface area contributed by atoms with Crippen LogP contribution in [0.25, 0.3) is 5.76 Å². The Balaban J connectivity index is 1.83. The number of aromatic hydroxyl groups is 1. The topological polar surface area (TPSA) is 87.1 Å². The van der Waals surface area contributed by atoms with Gasteiger partial charge < -0.3 is 19.8 Å². The Hall–Kier alpha value is -3.77. The molecule has 1 aliphatic rings. The summed E-state index contributed by atoms with van der Waals surface area (Å²) in [6, 6.07) is 16.5. The summed E-state index contributed by atoms with van der Waals surface area (Å²) in [4.78, 5) is 28.2. The van der Waals surface area contributed by atoms with E-state index in [2.05, 4.69) is 0 Å². The number of Topliss-reactive ketones (excluding diaryl/α,β-unsaturated/α-hetero) is 1. The zero-order chi connectivity index (χ0) is 26.9. The standard InChI is InChI=1S/C30H30ClNO5/c1-17(2)23-16-24(18(3)15-25(23)37-4)28(34)26-27(20-7-11-22(33)12-8-20)32(30(36)29(26)35)14-13-19-5-9-21(31)10-6-19/h5-12,15-17,27,33-34H,13-14H2,1-4H3/b28-26+. The monoisotopic (exact) mass is 519 g/mol. The minimum Gasteiger partial charge on any atom is -0.508 e. The van der Waals surface area contributed by atoms with Crippen LogP contribution in [0.5, 0.6) is 11.5 Å². The lowest BCUT2D eigenvalue weighted by atomic mass is 9.91. The number of benzene rings is 3. The number of phenols is 1. The van der Waals surface area contributed by atoms with Gasteiger partial charge in [0.15, 0.2) is 0 Å². The first kappa shape index (κ1) is 26.3. The average Bonchev–Trinajstić information content (AvgIpc) is 3.13. The highest BCUT2D eigenvalue weighted by atomic mass is 35.5. The van der Waals surface area contributed by atoms with Crippen LogP contribution in [0.4, 0.5) is 0 Å². The number of amides is 1. The van der Waals surface area contributed by atoms with E-state index < -0.39 is 17.7 Å². The van der Waals surface area contributed by atoms with E-state index in [4.69, 9.17) is 16.3 Å². The molecule has 1 heterocycles. The molecule has 37 heavy (non-hydrogen) atoms. The molecule has 0 radical (unpaired) electrons. The van der Waals surface area contributed by atoms with Gasteiger partial charge in [-0.2, -0.15) is 0 Å². The van der Waals surface area contributed by atoms with Crippen molar-refractivity contribution in [3.05, 3.63) is 99.1 Å². The van der Waals surface area contributed by atoms with Crippen LogP contribution in [0.3, 0.4) is 0 Å². The summed E-state index contributed by atoms with van der Waals surface area (Å²) < 4.78 is 5.53. The SMILES string of the molecule is COc1cc(C)c(/C(O)=C2\C(=O)C(=O)N(CCc3ccc(Cl)cc3)C2c2ccc(O)cc2)cc1C(C)C. The predicted octanol–water partition coefficient (Wildman–Crippen LogP) is 6.15. The average molecular weight is 520 g/mol. The normalized spacial score (nSPS) is 17.0. The molecule has 3 aromatic carbocycles. The molecular formula is C30H30ClNO5. The highest BCUT2D eigenvalue weighted by molar-refractivity contribution is 6.46. The van der Waals surface area contributed by atoms with Gasteiger partial charge >= 0.3 is 0 Å². The van der Waals surface area contributed by atoms with Crippen molar-refractivity contribution >= 4 is 29.1 Å². The van der Waals surface area contributed by atoms with E-state index in [1.54, 1.807) is 31.4 Å². The summed E-state index contributed by atoms with van der Waals surface area (Å²) in [6.07, 6.45) is 0.498. The number of methoxy groups -OCH3 is 1. The van der Waals surface area contributed by atoms with Gasteiger partial charge in [-0.05, 0) is 77.9 Å². The molecule has 0 bridgehead atoms. The fraction of sp³-hybridized carbons (Fsp3) is 0.267. The molecule has 1 saturated heterocycles. The number of phenolic OH excluding ortho intramolecular Hbond substituents is 1. The van der Waals surface area contributed by atoms with Gasteiger partial charge in [0.2, 0.25) is 0 Å². The molecule has 0 spiro atoms. The number of likely N-dealkylation sites (tertiary alicyclic amines) is 1. The summed E-state index contributed by atoms with van der Waals surface area (Å²) in [6.45, 7) is 6.12. The number of carbonyl (C=O) groups excluding carboxylic acids is 2. The van der Waals surface area contributed by atoms with Crippen LogP contribution < -0.4 is 4.74 Å². The molecule has 7 heteroatoms. The molecule has 2 N–H and O–H groups in total. The number of ether oxygens (including phenoxy) is 1. The molecule has 1 amide bonds. The lowest BCUT2D eigenvalue weighted by Gasteiger charge is -2.26. The summed E-state index contributed by atoms with van der Waals surface area (Å²) in [7, 11) is 1.59. The van der Waals surface area contributed by atoms with Gasteiger partial charge in [-0.15, -0.1) is 0 Å². The maximum atomic E-state index is 13.4. The van der Waals surface area contributed by atoms with E-state index in [-0.39, 0.29) is 29.5 Å². The summed E-state index contributed by atoms with van der Waals surface area (Å²) in [5.41, 5.74) is 3.68. The van der Waals surface area contributed by atoms with Gasteiger partial charge in [-0.1, -0.05) is 49.7 Å². The van der Waals surface area contributed by atoms with Crippen molar-refractivity contribution in [2.24, 2.45) is 0 Å². The van der Waals surface area contributed by atoms with Crippen molar-refractivity contribution in [2.75, 3.05) is 13.7 Å². The number of carbonyl (C=O) groups is 2. The second-order valence-electron chi connectivity index (χ2n) is 9.52. The zero-order valence-corrected chi connectivity index (χ0v) is 22.0. The number of rotatable bonds is 7. The number of halogens is 1. The van der Waals surface area contributed by atoms with Crippen LogP contribution in [-0.2, 0) is 16.0 Å². The third-order valence-corrected chi connectivity index (χ3v) is 7.01. The van der Waals surface area contributed by atoms with Crippen molar-refractivity contribution < 1.29 is 24.5 Å². The second kappa shape index (κ2) is 10.7. The molecule has 0 aromatic heterocycles. The van der Waals surface area contributed by atoms with Crippen molar-refractivity contribution in [3.8, 4) is 11.5 Å². The number of hydrogen-bond acceptors (Lipinski definition) is 5. The third-order valence-electron chi connectivity index (χ3n) is 6.76. The van der Waals surface area contributed by atoms with Crippen molar-refractivity contribution in [2.45, 2.75) is 39.2 Å². The molecular weight excluding hydrogens is 490 g/mol. The molecule has 1 unspecified atom stereocenters. The van der Waals surface area contributed by atoms with Crippen molar-refractivity contribution in [3.63, 3.8) is 0 Å². The number of aliphatic hydroxyl groups is 1. The summed E-state index contributed by atoms with van der Waals surface area (Å²) in [5, 5.41) is 22.0. The first-order valence-corrected chi connectivity index (χ1v) is 12.5. The fourth-order valence-corrected chi connectivity index (χ4v) is 4.87. The first-order chi connectivity index (χ1) is 17.6. The first-order valence-electron chi connectivity index (χ1n) is 12.1. The largest absolute Gasteiger partial charge is 0.508 e. The van der Waals surface area contributed by atoms with Gasteiger partial charge in [-0.3, -0.25) is 9.59 Å². The van der Waals surface area contributed by atoms with E-state index in [1.807, 2.05) is 45.0 Å². The van der Waals surface area contributed by atoms with E-state index >= 15 is 0 Å². The molecule has 0 saturated carbocycles. The molecule has 192 valence electrons. The molecule has 3 aromatic rings. The Morgan fingerprint density at radius 1 is 1.05 bits per heavy atom. The maximum Gasteiger partial charge on any atom is 0.295 e. The maximum absolute atomic E-state index is 13.4. The van der Waals surface area contributed by atoms with Crippen molar-refractivity contribution in [1.29, 1.82) is 0 Å². The van der Waals surface area contributed by atoms with Crippen LogP contribution >= 0.6 is 11.6 Å². The number of aryl methyl sites for hydroxylation is 1. The van der Waals surface area contributed by atoms with Crippen LogP contribution in [0.1, 0.15) is 53.6 Å². The van der Waals surface area contributed by atoms with E-state index in [1.165, 1.54) is 17.0 Å². The Kier molecular flexibility index (Phi) is 7.60. The quantitative estimate of drug-likeness (QED) is 0.222. The molecule has 1 fully saturated rings. The number of ketones is 1. The zero-order valence-electron chi connectivity index (χ0n) is 21.3. The van der Waals surface area contributed by atoms with Gasteiger partial charge in [0.25, 0.3) is 11.7 Å². The molecule has 0 aliphatic carbocycles. The van der Waals surface area contributed by atoms with Gasteiger partial charge in [0, 0.05) is 17.1 Å². The fourth-order valence-electron chi connectivity index (χ4n) is 4.74. The van der Waals surface area contributed by atoms with E-state index in [0.29, 0.717) is 28.3 Å². The van der Waals surface area contributed by atoms with Crippen LogP contribution in [0.2, 0.25) is 5.02 Å². The second-order valence-corrected chi connectivity index (χ2v) is 9.96. The summed E-state index contributed by atoms with van der Waals surface area (Å²) >= 11 is 6.00. The van der Waals surface area contributed by atoms with Gasteiger partial charge in [0.1, 0.15) is 17.3 Å². The lowest BCUT2D eigenvalue weighted by molar-refractivity contribution is -0.139. The van der Waals surface area contributed by atoms with Crippen LogP contribution in [0.15, 0.2) is 66.2 Å². The highest BCUT2D eigenvalue weighted by Gasteiger charge is 2.46. The van der Waals surface area contributed by atoms with Crippen molar-refractivity contribution in [1.82, 2.24) is 4.90 Å². The van der Waals surface area contributed by atoms with E-state index in [9.17, 15) is 19.8 Å². The van der Waals surface area contributed by atoms with Gasteiger partial charge in [-0.25, -0.2) is 0 Å². The summed E-state index contributed by atoms with van der Waals surface area (Å²) in [5.74, 6) is -0.780. The third kappa shape index (κ3) is 5.20. The minimum atomic E-state index is -0.808. The smallest absolute Gasteiger partial charge is 0.295 e. The Labute approximate surface area is 221 Å². The van der Waals surface area contributed by atoms with E-state index in [0.717, 1.165) is 16.7 Å². The Bertz CT molecular complexity index is 1360. The number of nitrogens with zero attached hydrogens (tertiary/aromatic N) is 1. The van der Waals surface area contributed by atoms with Crippen LogP contribution in [-0.4, -0.2) is 40.5 Å². The number of aliphatic hydroxyl groups excluding tert-OH is 1. The Morgan fingerprint density at radius 2 is 1.70 bits per heavy atom. The molecule has 1 aliphatic heterocycles. The minimum absolute atomic E-state index is 0.0229. The predicted molar refractivity (Wildman–Crippen MR) is 144 cm³/mol. The number of hydrogen-bond donors (Lipinski definition) is 2. The van der Waals surface area contributed by atoms with Gasteiger partial charge in [0.05, 0.1) is 18.7 Å². The Morgan fingerprint density at radius 3 is 2.30 bits per heavy atom. The van der Waals surface area contributed by atoms with Crippen LogP contribution in [0, 0.1) is 6.92 Å². The molecule has 1 atom stereocenters.